The molecular weight excluding hydrogens is 255 g/mol. The van der Waals surface area contributed by atoms with Crippen LogP contribution in [0.15, 0.2) is 18.2 Å². The zero-order chi connectivity index (χ0) is 12.3. The van der Waals surface area contributed by atoms with Gasteiger partial charge in [-0.3, -0.25) is 0 Å². The van der Waals surface area contributed by atoms with Crippen LogP contribution in [0.2, 0.25) is 10.0 Å². The van der Waals surface area contributed by atoms with Crippen molar-refractivity contribution in [1.82, 2.24) is 4.90 Å². The van der Waals surface area contributed by atoms with Gasteiger partial charge in [-0.2, -0.15) is 0 Å². The lowest BCUT2D eigenvalue weighted by molar-refractivity contribution is 0.218. The molecular formula is C13H18Cl2N2. The maximum absolute atomic E-state index is 6.23. The molecule has 2 N–H and O–H groups in total. The van der Waals surface area contributed by atoms with Gasteiger partial charge in [0.25, 0.3) is 0 Å². The number of hydrogen-bond donors (Lipinski definition) is 1. The molecule has 2 nitrogen and oxygen atoms in total. The zero-order valence-electron chi connectivity index (χ0n) is 9.83. The minimum atomic E-state index is 0.537. The van der Waals surface area contributed by atoms with Gasteiger partial charge in [0.05, 0.1) is 0 Å². The highest BCUT2D eigenvalue weighted by Gasteiger charge is 2.21. The molecule has 94 valence electrons. The Balaban J connectivity index is 2.02. The molecule has 0 unspecified atom stereocenters. The summed E-state index contributed by atoms with van der Waals surface area (Å²) >= 11 is 12.3. The van der Waals surface area contributed by atoms with Crippen molar-refractivity contribution in [2.45, 2.75) is 18.8 Å². The van der Waals surface area contributed by atoms with Crippen LogP contribution in [0.3, 0.4) is 0 Å². The van der Waals surface area contributed by atoms with Crippen LogP contribution in [-0.4, -0.2) is 31.1 Å². The van der Waals surface area contributed by atoms with E-state index in [0.29, 0.717) is 5.92 Å². The van der Waals surface area contributed by atoms with Gasteiger partial charge in [0.2, 0.25) is 0 Å². The second-order valence-corrected chi connectivity index (χ2v) is 5.41. The van der Waals surface area contributed by atoms with Gasteiger partial charge in [0.15, 0.2) is 0 Å². The molecule has 0 aromatic heterocycles. The van der Waals surface area contributed by atoms with Crippen molar-refractivity contribution in [3.05, 3.63) is 33.8 Å². The Hall–Kier alpha value is -0.280. The van der Waals surface area contributed by atoms with E-state index < -0.39 is 0 Å². The maximum atomic E-state index is 6.23. The van der Waals surface area contributed by atoms with Gasteiger partial charge >= 0.3 is 0 Å². The summed E-state index contributed by atoms with van der Waals surface area (Å²) in [4.78, 5) is 2.41. The zero-order valence-corrected chi connectivity index (χ0v) is 11.3. The van der Waals surface area contributed by atoms with Crippen LogP contribution in [0.5, 0.6) is 0 Å². The minimum Gasteiger partial charge on any atom is -0.329 e. The Morgan fingerprint density at radius 2 is 1.94 bits per heavy atom. The van der Waals surface area contributed by atoms with Crippen molar-refractivity contribution in [1.29, 1.82) is 0 Å². The Bertz CT molecular complexity index is 374. The van der Waals surface area contributed by atoms with Crippen molar-refractivity contribution >= 4 is 23.2 Å². The highest BCUT2D eigenvalue weighted by Crippen LogP contribution is 2.34. The lowest BCUT2D eigenvalue weighted by atomic mass is 9.89. The third kappa shape index (κ3) is 3.35. The number of rotatable bonds is 3. The molecule has 0 saturated carbocycles. The quantitative estimate of drug-likeness (QED) is 0.916. The highest BCUT2D eigenvalue weighted by atomic mass is 35.5. The molecule has 1 aromatic rings. The first-order valence-corrected chi connectivity index (χ1v) is 6.83. The molecule has 17 heavy (non-hydrogen) atoms. The molecule has 1 aliphatic heterocycles. The summed E-state index contributed by atoms with van der Waals surface area (Å²) in [7, 11) is 0. The van der Waals surface area contributed by atoms with Crippen LogP contribution in [0, 0.1) is 0 Å². The second kappa shape index (κ2) is 6.05. The summed E-state index contributed by atoms with van der Waals surface area (Å²) in [6.45, 7) is 3.94. The van der Waals surface area contributed by atoms with Gasteiger partial charge in [-0.15, -0.1) is 0 Å². The predicted octanol–water partition coefficient (Wildman–Crippen LogP) is 3.13. The van der Waals surface area contributed by atoms with Crippen molar-refractivity contribution in [3.63, 3.8) is 0 Å². The summed E-state index contributed by atoms with van der Waals surface area (Å²) < 4.78 is 0. The summed E-state index contributed by atoms with van der Waals surface area (Å²) in [6.07, 6.45) is 2.28. The topological polar surface area (TPSA) is 29.3 Å². The first-order chi connectivity index (χ1) is 8.20. The average Bonchev–Trinajstić information content (AvgIpc) is 2.34. The monoisotopic (exact) mass is 272 g/mol. The molecule has 2 rings (SSSR count). The largest absolute Gasteiger partial charge is 0.329 e. The van der Waals surface area contributed by atoms with Crippen molar-refractivity contribution in [2.75, 3.05) is 26.2 Å². The molecule has 1 heterocycles. The van der Waals surface area contributed by atoms with Gasteiger partial charge in [0.1, 0.15) is 0 Å². The summed E-state index contributed by atoms with van der Waals surface area (Å²) in [5.74, 6) is 0.537. The molecule has 0 radical (unpaired) electrons. The van der Waals surface area contributed by atoms with Gasteiger partial charge in [0, 0.05) is 23.1 Å². The van der Waals surface area contributed by atoms with E-state index in [1.54, 1.807) is 0 Å². The molecule has 1 saturated heterocycles. The van der Waals surface area contributed by atoms with E-state index in [9.17, 15) is 0 Å². The van der Waals surface area contributed by atoms with E-state index in [4.69, 9.17) is 28.9 Å². The molecule has 0 atom stereocenters. The molecule has 0 spiro atoms. The molecule has 0 amide bonds. The summed E-state index contributed by atoms with van der Waals surface area (Å²) in [5, 5.41) is 1.61. The van der Waals surface area contributed by atoms with Crippen molar-refractivity contribution < 1.29 is 0 Å². The van der Waals surface area contributed by atoms with Gasteiger partial charge in [-0.05, 0) is 55.6 Å². The smallest absolute Gasteiger partial charge is 0.0441 e. The Kier molecular flexibility index (Phi) is 4.69. The van der Waals surface area contributed by atoms with Crippen molar-refractivity contribution in [2.24, 2.45) is 5.73 Å². The SMILES string of the molecule is NCCN1CCC(c2cc(Cl)ccc2Cl)CC1. The van der Waals surface area contributed by atoms with E-state index in [0.717, 1.165) is 49.1 Å². The predicted molar refractivity (Wildman–Crippen MR) is 73.9 cm³/mol. The number of nitrogens with two attached hydrogens (primary N) is 1. The lowest BCUT2D eigenvalue weighted by Crippen LogP contribution is -2.36. The van der Waals surface area contributed by atoms with Crippen LogP contribution >= 0.6 is 23.2 Å². The third-order valence-corrected chi connectivity index (χ3v) is 4.01. The molecule has 0 bridgehead atoms. The number of piperidine rings is 1. The average molecular weight is 273 g/mol. The van der Waals surface area contributed by atoms with E-state index in [1.165, 1.54) is 5.56 Å². The number of nitrogens with zero attached hydrogens (tertiary/aromatic N) is 1. The molecule has 1 fully saturated rings. The first-order valence-electron chi connectivity index (χ1n) is 6.08. The van der Waals surface area contributed by atoms with E-state index >= 15 is 0 Å². The van der Waals surface area contributed by atoms with Crippen LogP contribution in [-0.2, 0) is 0 Å². The van der Waals surface area contributed by atoms with Gasteiger partial charge in [-0.1, -0.05) is 23.2 Å². The normalized spacial score (nSPS) is 18.5. The van der Waals surface area contributed by atoms with Gasteiger partial charge in [-0.25, -0.2) is 0 Å². The standard InChI is InChI=1S/C13H18Cl2N2/c14-11-1-2-13(15)12(9-11)10-3-6-17(7-4-10)8-5-16/h1-2,9-10H,3-8,16H2. The van der Waals surface area contributed by atoms with Crippen molar-refractivity contribution in [3.8, 4) is 0 Å². The number of benzene rings is 1. The Morgan fingerprint density at radius 1 is 1.24 bits per heavy atom. The lowest BCUT2D eigenvalue weighted by Gasteiger charge is -2.32. The van der Waals surface area contributed by atoms with Gasteiger partial charge < -0.3 is 10.6 Å². The fourth-order valence-corrected chi connectivity index (χ4v) is 2.93. The maximum Gasteiger partial charge on any atom is 0.0441 e. The van der Waals surface area contributed by atoms with Crippen LogP contribution in [0.1, 0.15) is 24.3 Å². The molecule has 4 heteroatoms. The molecule has 1 aromatic carbocycles. The summed E-state index contributed by atoms with van der Waals surface area (Å²) in [5.41, 5.74) is 6.77. The second-order valence-electron chi connectivity index (χ2n) is 4.57. The molecule has 1 aliphatic rings. The number of halogens is 2. The number of hydrogen-bond acceptors (Lipinski definition) is 2. The summed E-state index contributed by atoms with van der Waals surface area (Å²) in [6, 6.07) is 5.75. The van der Waals surface area contributed by atoms with Crippen LogP contribution < -0.4 is 5.73 Å². The van der Waals surface area contributed by atoms with Crippen LogP contribution in [0.25, 0.3) is 0 Å². The fourth-order valence-electron chi connectivity index (χ4n) is 2.48. The van der Waals surface area contributed by atoms with E-state index in [-0.39, 0.29) is 0 Å². The highest BCUT2D eigenvalue weighted by molar-refractivity contribution is 6.33. The van der Waals surface area contributed by atoms with E-state index in [1.807, 2.05) is 18.2 Å². The number of likely N-dealkylation sites (tertiary alicyclic amines) is 1. The first kappa shape index (κ1) is 13.2. The Labute approximate surface area is 113 Å². The fraction of sp³-hybridized carbons (Fsp3) is 0.538. The van der Waals surface area contributed by atoms with E-state index in [2.05, 4.69) is 4.90 Å². The van der Waals surface area contributed by atoms with Crippen LogP contribution in [0.4, 0.5) is 0 Å². The third-order valence-electron chi connectivity index (χ3n) is 3.43. The minimum absolute atomic E-state index is 0.537. The molecule has 0 aliphatic carbocycles. The Morgan fingerprint density at radius 3 is 2.59 bits per heavy atom.